The highest BCUT2D eigenvalue weighted by atomic mass is 19.1. The zero-order valence-electron chi connectivity index (χ0n) is 12.4. The average Bonchev–Trinajstić information content (AvgIpc) is 2.58. The molecule has 0 bridgehead atoms. The maximum Gasteiger partial charge on any atom is 0.316 e. The average molecular weight is 309 g/mol. The van der Waals surface area contributed by atoms with E-state index in [4.69, 9.17) is 9.47 Å². The van der Waals surface area contributed by atoms with Crippen molar-refractivity contribution in [3.8, 4) is 6.01 Å². The zero-order chi connectivity index (χ0) is 15.4. The van der Waals surface area contributed by atoms with Gasteiger partial charge in [-0.3, -0.25) is 4.79 Å². The Labute approximate surface area is 128 Å². The summed E-state index contributed by atoms with van der Waals surface area (Å²) < 4.78 is 23.9. The second-order valence-electron chi connectivity index (χ2n) is 5.68. The predicted octanol–water partition coefficient (Wildman–Crippen LogP) is 1.55. The molecule has 0 saturated carbocycles. The van der Waals surface area contributed by atoms with E-state index in [1.165, 1.54) is 0 Å². The Morgan fingerprint density at radius 2 is 1.95 bits per heavy atom. The first-order valence-corrected chi connectivity index (χ1v) is 7.77. The van der Waals surface area contributed by atoms with Crippen molar-refractivity contribution < 1.29 is 18.7 Å². The van der Waals surface area contributed by atoms with Gasteiger partial charge in [0.05, 0.1) is 12.4 Å². The second-order valence-corrected chi connectivity index (χ2v) is 5.68. The monoisotopic (exact) mass is 309 g/mol. The molecule has 2 aliphatic heterocycles. The van der Waals surface area contributed by atoms with Crippen LogP contribution < -0.4 is 4.74 Å². The first-order chi connectivity index (χ1) is 10.7. The van der Waals surface area contributed by atoms with Gasteiger partial charge in [-0.1, -0.05) is 0 Å². The fraction of sp³-hybridized carbons (Fsp3) is 0.667. The van der Waals surface area contributed by atoms with Gasteiger partial charge in [0, 0.05) is 32.5 Å². The van der Waals surface area contributed by atoms with Crippen LogP contribution >= 0.6 is 0 Å². The Balaban J connectivity index is 1.47. The molecule has 1 aromatic heterocycles. The van der Waals surface area contributed by atoms with Crippen LogP contribution in [-0.2, 0) is 9.53 Å². The topological polar surface area (TPSA) is 64.5 Å². The minimum atomic E-state index is -0.486. The van der Waals surface area contributed by atoms with Gasteiger partial charge < -0.3 is 14.4 Å². The molecular weight excluding hydrogens is 289 g/mol. The van der Waals surface area contributed by atoms with Gasteiger partial charge in [-0.2, -0.15) is 0 Å². The Morgan fingerprint density at radius 1 is 1.23 bits per heavy atom. The Bertz CT molecular complexity index is 497. The lowest BCUT2D eigenvalue weighted by molar-refractivity contribution is -0.148. The summed E-state index contributed by atoms with van der Waals surface area (Å²) >= 11 is 0. The smallest absolute Gasteiger partial charge is 0.316 e. The van der Waals surface area contributed by atoms with E-state index in [1.54, 1.807) is 0 Å². The molecule has 0 aromatic carbocycles. The van der Waals surface area contributed by atoms with Crippen molar-refractivity contribution in [1.82, 2.24) is 14.9 Å². The van der Waals surface area contributed by atoms with Crippen LogP contribution in [0.5, 0.6) is 6.01 Å². The normalized spacial score (nSPS) is 23.3. The Hall–Kier alpha value is -1.76. The fourth-order valence-electron chi connectivity index (χ4n) is 2.84. The van der Waals surface area contributed by atoms with Gasteiger partial charge in [0.1, 0.15) is 12.2 Å². The molecule has 1 atom stereocenters. The van der Waals surface area contributed by atoms with Gasteiger partial charge in [-0.15, -0.1) is 0 Å². The lowest BCUT2D eigenvalue weighted by Crippen LogP contribution is -2.47. The van der Waals surface area contributed by atoms with Crippen molar-refractivity contribution in [3.63, 3.8) is 0 Å². The van der Waals surface area contributed by atoms with Crippen LogP contribution in [0.3, 0.4) is 0 Å². The molecule has 3 rings (SSSR count). The van der Waals surface area contributed by atoms with E-state index < -0.39 is 5.82 Å². The first-order valence-electron chi connectivity index (χ1n) is 7.77. The summed E-state index contributed by atoms with van der Waals surface area (Å²) in [5, 5.41) is 0. The molecule has 2 fully saturated rings. The van der Waals surface area contributed by atoms with Gasteiger partial charge in [0.2, 0.25) is 0 Å². The largest absolute Gasteiger partial charge is 0.460 e. The number of rotatable bonds is 3. The predicted molar refractivity (Wildman–Crippen MR) is 75.8 cm³/mol. The lowest BCUT2D eigenvalue weighted by Gasteiger charge is -2.34. The van der Waals surface area contributed by atoms with E-state index >= 15 is 0 Å². The summed E-state index contributed by atoms with van der Waals surface area (Å²) in [6.07, 6.45) is 6.21. The molecule has 0 radical (unpaired) electrons. The van der Waals surface area contributed by atoms with Gasteiger partial charge >= 0.3 is 6.01 Å². The molecule has 120 valence electrons. The molecule has 0 aliphatic carbocycles. The van der Waals surface area contributed by atoms with Crippen molar-refractivity contribution in [2.24, 2.45) is 0 Å². The molecule has 3 heterocycles. The number of aromatic nitrogens is 2. The maximum absolute atomic E-state index is 12.7. The number of likely N-dealkylation sites (tertiary alicyclic amines) is 1. The second kappa shape index (κ2) is 7.00. The number of ether oxygens (including phenoxy) is 2. The number of hydrogen-bond donors (Lipinski definition) is 0. The van der Waals surface area contributed by atoms with E-state index in [0.717, 1.165) is 44.5 Å². The molecule has 1 unspecified atom stereocenters. The SMILES string of the molecule is O=C(C1CCCCO1)N1CCC(Oc2ncc(F)cn2)CC1. The van der Waals surface area contributed by atoms with E-state index in [1.807, 2.05) is 4.90 Å². The molecule has 2 saturated heterocycles. The van der Waals surface area contributed by atoms with Crippen molar-refractivity contribution in [1.29, 1.82) is 0 Å². The summed E-state index contributed by atoms with van der Waals surface area (Å²) in [5.41, 5.74) is 0. The highest BCUT2D eigenvalue weighted by Crippen LogP contribution is 2.20. The van der Waals surface area contributed by atoms with Gasteiger partial charge in [0.15, 0.2) is 5.82 Å². The van der Waals surface area contributed by atoms with Crippen LogP contribution in [0.2, 0.25) is 0 Å². The molecule has 1 aromatic rings. The highest BCUT2D eigenvalue weighted by molar-refractivity contribution is 5.81. The molecule has 22 heavy (non-hydrogen) atoms. The minimum Gasteiger partial charge on any atom is -0.460 e. The van der Waals surface area contributed by atoms with E-state index in [2.05, 4.69) is 9.97 Å². The number of carbonyl (C=O) groups excluding carboxylic acids is 1. The minimum absolute atomic E-state index is 0.0400. The summed E-state index contributed by atoms with van der Waals surface area (Å²) in [5.74, 6) is -0.392. The molecule has 2 aliphatic rings. The summed E-state index contributed by atoms with van der Waals surface area (Å²) in [4.78, 5) is 21.8. The summed E-state index contributed by atoms with van der Waals surface area (Å²) in [7, 11) is 0. The first kappa shape index (κ1) is 15.1. The number of amides is 1. The maximum atomic E-state index is 12.7. The van der Waals surface area contributed by atoms with Crippen LogP contribution in [-0.4, -0.2) is 52.7 Å². The lowest BCUT2D eigenvalue weighted by atomic mass is 10.0. The molecular formula is C15H20FN3O3. The third-order valence-corrected chi connectivity index (χ3v) is 4.08. The van der Waals surface area contributed by atoms with E-state index in [9.17, 15) is 9.18 Å². The number of halogens is 1. The number of hydrogen-bond acceptors (Lipinski definition) is 5. The van der Waals surface area contributed by atoms with E-state index in [0.29, 0.717) is 19.7 Å². The molecule has 7 heteroatoms. The summed E-state index contributed by atoms with van der Waals surface area (Å²) in [6, 6.07) is 0.182. The van der Waals surface area contributed by atoms with Gasteiger partial charge in [-0.25, -0.2) is 14.4 Å². The molecule has 1 amide bonds. The fourth-order valence-corrected chi connectivity index (χ4v) is 2.84. The van der Waals surface area contributed by atoms with Gasteiger partial charge in [-0.05, 0) is 19.3 Å². The summed E-state index contributed by atoms with van der Waals surface area (Å²) in [6.45, 7) is 1.97. The third-order valence-electron chi connectivity index (χ3n) is 4.08. The van der Waals surface area contributed by atoms with E-state index in [-0.39, 0.29) is 24.1 Å². The standard InChI is InChI=1S/C15H20FN3O3/c16-11-9-17-15(18-10-11)22-12-4-6-19(7-5-12)14(20)13-3-1-2-8-21-13/h9-10,12-13H,1-8H2. The number of piperidine rings is 1. The quantitative estimate of drug-likeness (QED) is 0.848. The Kier molecular flexibility index (Phi) is 4.82. The van der Waals surface area contributed by atoms with Crippen molar-refractivity contribution in [2.45, 2.75) is 44.3 Å². The Morgan fingerprint density at radius 3 is 2.59 bits per heavy atom. The highest BCUT2D eigenvalue weighted by Gasteiger charge is 2.30. The van der Waals surface area contributed by atoms with Gasteiger partial charge in [0.25, 0.3) is 5.91 Å². The number of carbonyl (C=O) groups is 1. The van der Waals surface area contributed by atoms with Crippen molar-refractivity contribution in [3.05, 3.63) is 18.2 Å². The van der Waals surface area contributed by atoms with Crippen LogP contribution in [0.1, 0.15) is 32.1 Å². The number of nitrogens with zero attached hydrogens (tertiary/aromatic N) is 3. The molecule has 0 N–H and O–H groups in total. The third kappa shape index (κ3) is 3.71. The van der Waals surface area contributed by atoms with Crippen LogP contribution in [0.25, 0.3) is 0 Å². The van der Waals surface area contributed by atoms with Crippen molar-refractivity contribution in [2.75, 3.05) is 19.7 Å². The van der Waals surface area contributed by atoms with Crippen LogP contribution in [0.15, 0.2) is 12.4 Å². The van der Waals surface area contributed by atoms with Crippen LogP contribution in [0, 0.1) is 5.82 Å². The molecule has 6 nitrogen and oxygen atoms in total. The molecule has 0 spiro atoms. The van der Waals surface area contributed by atoms with Crippen LogP contribution in [0.4, 0.5) is 4.39 Å². The zero-order valence-corrected chi connectivity index (χ0v) is 12.4. The van der Waals surface area contributed by atoms with Crippen molar-refractivity contribution >= 4 is 5.91 Å².